The number of aromatic hydroxyl groups is 2. The molecule has 1 amide bonds. The zero-order chi connectivity index (χ0) is 24.3. The molecule has 0 bridgehead atoms. The maximum absolute atomic E-state index is 12.1. The third kappa shape index (κ3) is 6.72. The van der Waals surface area contributed by atoms with E-state index in [-0.39, 0.29) is 33.4 Å². The molecule has 0 aliphatic rings. The van der Waals surface area contributed by atoms with Crippen LogP contribution in [0, 0.1) is 12.3 Å². The molecule has 2 aromatic rings. The van der Waals surface area contributed by atoms with Gasteiger partial charge in [0.25, 0.3) is 5.91 Å². The lowest BCUT2D eigenvalue weighted by Crippen LogP contribution is -2.25. The number of carbonyl (C=O) groups excluding carboxylic acids is 1. The normalized spacial score (nSPS) is 12.2. The largest absolute Gasteiger partial charge is 0.506 e. The molecule has 0 radical (unpaired) electrons. The summed E-state index contributed by atoms with van der Waals surface area (Å²) in [5.41, 5.74) is 4.78. The van der Waals surface area contributed by atoms with Crippen molar-refractivity contribution in [2.45, 2.75) is 53.4 Å². The zero-order valence-corrected chi connectivity index (χ0v) is 22.4. The number of amides is 1. The Labute approximate surface area is 206 Å². The number of hydrogen-bond donors (Lipinski definition) is 3. The van der Waals surface area contributed by atoms with Crippen molar-refractivity contribution in [2.24, 2.45) is 10.5 Å². The average Bonchev–Trinajstić information content (AvgIpc) is 2.70. The van der Waals surface area contributed by atoms with Gasteiger partial charge in [-0.2, -0.15) is 5.10 Å². The van der Waals surface area contributed by atoms with E-state index in [9.17, 15) is 15.0 Å². The van der Waals surface area contributed by atoms with Gasteiger partial charge in [0.05, 0.1) is 10.7 Å². The second-order valence-electron chi connectivity index (χ2n) is 9.59. The van der Waals surface area contributed by atoms with Gasteiger partial charge in [0.2, 0.25) is 0 Å². The summed E-state index contributed by atoms with van der Waals surface area (Å²) in [6.45, 7) is 12.7. The van der Waals surface area contributed by atoms with Crippen LogP contribution in [0.15, 0.2) is 38.3 Å². The Bertz CT molecular complexity index is 981. The highest BCUT2D eigenvalue weighted by Crippen LogP contribution is 2.43. The van der Waals surface area contributed by atoms with Crippen molar-refractivity contribution in [1.29, 1.82) is 0 Å². The van der Waals surface area contributed by atoms with Crippen molar-refractivity contribution in [3.63, 3.8) is 0 Å². The SMILES string of the molecule is Cc1c(Br)c(O)c(Br)c(O)c1/C=N/NC(=O)COc1ccc(C(C)(C)CC(C)(C)C)cc1. The van der Waals surface area contributed by atoms with E-state index in [4.69, 9.17) is 4.74 Å². The molecular formula is C24H30Br2N2O4. The molecule has 0 aliphatic carbocycles. The van der Waals surface area contributed by atoms with Gasteiger partial charge in [-0.1, -0.05) is 46.8 Å². The zero-order valence-electron chi connectivity index (χ0n) is 19.2. The molecule has 6 nitrogen and oxygen atoms in total. The third-order valence-corrected chi connectivity index (χ3v) is 6.69. The summed E-state index contributed by atoms with van der Waals surface area (Å²) in [5, 5.41) is 24.0. The second-order valence-corrected chi connectivity index (χ2v) is 11.2. The van der Waals surface area contributed by atoms with Crippen molar-refractivity contribution in [2.75, 3.05) is 6.61 Å². The van der Waals surface area contributed by atoms with Gasteiger partial charge in [-0.25, -0.2) is 5.43 Å². The van der Waals surface area contributed by atoms with Crippen LogP contribution in [0.2, 0.25) is 0 Å². The number of hydrogen-bond acceptors (Lipinski definition) is 5. The first-order valence-electron chi connectivity index (χ1n) is 10.2. The molecule has 0 fully saturated rings. The summed E-state index contributed by atoms with van der Waals surface area (Å²) in [6.07, 6.45) is 2.35. The van der Waals surface area contributed by atoms with Gasteiger partial charge in [0, 0.05) is 5.56 Å². The van der Waals surface area contributed by atoms with Crippen LogP contribution in [-0.4, -0.2) is 28.9 Å². The highest BCUT2D eigenvalue weighted by Gasteiger charge is 2.27. The number of ether oxygens (including phenoxy) is 1. The van der Waals surface area contributed by atoms with E-state index in [1.807, 2.05) is 24.3 Å². The minimum Gasteiger partial charge on any atom is -0.506 e. The van der Waals surface area contributed by atoms with Crippen LogP contribution in [0.3, 0.4) is 0 Å². The van der Waals surface area contributed by atoms with Gasteiger partial charge in [0.15, 0.2) is 6.61 Å². The molecule has 2 rings (SSSR count). The van der Waals surface area contributed by atoms with E-state index in [1.54, 1.807) is 6.92 Å². The van der Waals surface area contributed by atoms with Crippen LogP contribution in [0.1, 0.15) is 57.7 Å². The molecule has 0 atom stereocenters. The number of rotatable bonds is 7. The van der Waals surface area contributed by atoms with Crippen LogP contribution < -0.4 is 10.2 Å². The summed E-state index contributed by atoms with van der Waals surface area (Å²) >= 11 is 6.38. The van der Waals surface area contributed by atoms with Crippen LogP contribution in [0.25, 0.3) is 0 Å². The Hall–Kier alpha value is -2.06. The maximum atomic E-state index is 12.1. The van der Waals surface area contributed by atoms with Gasteiger partial charge in [-0.3, -0.25) is 4.79 Å². The number of halogens is 2. The molecule has 0 unspecified atom stereocenters. The summed E-state index contributed by atoms with van der Waals surface area (Å²) in [5.74, 6) is -0.124. The number of nitrogens with zero attached hydrogens (tertiary/aromatic N) is 1. The Morgan fingerprint density at radius 2 is 1.66 bits per heavy atom. The first-order valence-corrected chi connectivity index (χ1v) is 11.8. The standard InChI is InChI=1S/C24H30Br2N2O4/c1-14-17(21(30)20(26)22(31)19(14)25)11-27-28-18(29)12-32-16-9-7-15(8-10-16)24(5,6)13-23(2,3)4/h7-11,30-31H,12-13H2,1-6H3,(H,28,29)/b27-11+. The molecule has 0 saturated carbocycles. The topological polar surface area (TPSA) is 91.1 Å². The molecule has 8 heteroatoms. The number of phenolic OH excluding ortho intramolecular Hbond substituents is 2. The molecule has 0 saturated heterocycles. The Kier molecular flexibility index (Phi) is 8.39. The van der Waals surface area contributed by atoms with Crippen LogP contribution in [0.4, 0.5) is 0 Å². The van der Waals surface area contributed by atoms with Crippen LogP contribution in [-0.2, 0) is 10.2 Å². The van der Waals surface area contributed by atoms with Crippen molar-refractivity contribution in [3.8, 4) is 17.2 Å². The lowest BCUT2D eigenvalue weighted by atomic mass is 9.72. The smallest absolute Gasteiger partial charge is 0.277 e. The van der Waals surface area contributed by atoms with Gasteiger partial charge >= 0.3 is 0 Å². The summed E-state index contributed by atoms with van der Waals surface area (Å²) < 4.78 is 6.12. The maximum Gasteiger partial charge on any atom is 0.277 e. The molecule has 0 heterocycles. The summed E-state index contributed by atoms with van der Waals surface area (Å²) in [7, 11) is 0. The van der Waals surface area contributed by atoms with E-state index in [0.29, 0.717) is 21.3 Å². The monoisotopic (exact) mass is 568 g/mol. The fourth-order valence-corrected chi connectivity index (χ4v) is 4.83. The van der Waals surface area contributed by atoms with E-state index >= 15 is 0 Å². The van der Waals surface area contributed by atoms with Crippen molar-refractivity contribution in [1.82, 2.24) is 5.43 Å². The van der Waals surface area contributed by atoms with Crippen LogP contribution in [0.5, 0.6) is 17.2 Å². The fraction of sp³-hybridized carbons (Fsp3) is 0.417. The van der Waals surface area contributed by atoms with Gasteiger partial charge in [0.1, 0.15) is 21.7 Å². The predicted octanol–water partition coefficient (Wildman–Crippen LogP) is 6.17. The predicted molar refractivity (Wildman–Crippen MR) is 135 cm³/mol. The minimum absolute atomic E-state index is 0.0325. The number of nitrogens with one attached hydrogen (secondary N) is 1. The lowest BCUT2D eigenvalue weighted by molar-refractivity contribution is -0.123. The molecule has 2 aromatic carbocycles. The van der Waals surface area contributed by atoms with E-state index < -0.39 is 5.91 Å². The quantitative estimate of drug-likeness (QED) is 0.274. The first-order chi connectivity index (χ1) is 14.7. The summed E-state index contributed by atoms with van der Waals surface area (Å²) in [4.78, 5) is 12.1. The van der Waals surface area contributed by atoms with Crippen LogP contribution >= 0.6 is 31.9 Å². The summed E-state index contributed by atoms with van der Waals surface area (Å²) in [6, 6.07) is 7.79. The lowest BCUT2D eigenvalue weighted by Gasteiger charge is -2.33. The van der Waals surface area contributed by atoms with E-state index in [0.717, 1.165) is 6.42 Å². The molecular weight excluding hydrogens is 540 g/mol. The molecule has 3 N–H and O–H groups in total. The first kappa shape index (κ1) is 26.2. The number of phenols is 2. The van der Waals surface area contributed by atoms with Gasteiger partial charge in [-0.05, 0) is 79.3 Å². The Morgan fingerprint density at radius 1 is 1.06 bits per heavy atom. The van der Waals surface area contributed by atoms with Gasteiger partial charge in [-0.15, -0.1) is 0 Å². The Morgan fingerprint density at radius 3 is 2.22 bits per heavy atom. The van der Waals surface area contributed by atoms with E-state index in [1.165, 1.54) is 11.8 Å². The average molecular weight is 570 g/mol. The van der Waals surface area contributed by atoms with Crippen molar-refractivity contribution in [3.05, 3.63) is 49.9 Å². The second kappa shape index (κ2) is 10.3. The minimum atomic E-state index is -0.438. The van der Waals surface area contributed by atoms with Gasteiger partial charge < -0.3 is 14.9 Å². The number of carbonyl (C=O) groups is 1. The van der Waals surface area contributed by atoms with E-state index in [2.05, 4.69) is 77.0 Å². The number of benzene rings is 2. The molecule has 0 aliphatic heterocycles. The fourth-order valence-electron chi connectivity index (χ4n) is 3.74. The molecule has 32 heavy (non-hydrogen) atoms. The highest BCUT2D eigenvalue weighted by atomic mass is 79.9. The number of hydrazone groups is 1. The Balaban J connectivity index is 1.96. The molecule has 0 aromatic heterocycles. The molecule has 0 spiro atoms. The highest BCUT2D eigenvalue weighted by molar-refractivity contribution is 9.11. The van der Waals surface area contributed by atoms with Crippen molar-refractivity contribution >= 4 is 44.0 Å². The van der Waals surface area contributed by atoms with Crippen molar-refractivity contribution < 1.29 is 19.7 Å². The third-order valence-electron chi connectivity index (χ3n) is 4.97. The molecule has 174 valence electrons.